The lowest BCUT2D eigenvalue weighted by Crippen LogP contribution is -2.13. The number of rotatable bonds is 5. The Morgan fingerprint density at radius 3 is 2.50 bits per heavy atom. The molecule has 0 radical (unpaired) electrons. The molecule has 2 N–H and O–H groups in total. The molecule has 0 aromatic heterocycles. The molecule has 94 valence electrons. The second kappa shape index (κ2) is 6.17. The molecule has 0 aliphatic heterocycles. The van der Waals surface area contributed by atoms with Crippen molar-refractivity contribution in [3.63, 3.8) is 0 Å². The van der Waals surface area contributed by atoms with E-state index in [1.165, 1.54) is 12.1 Å². The maximum atomic E-state index is 13.1. The van der Waals surface area contributed by atoms with Crippen LogP contribution in [0.3, 0.4) is 0 Å². The van der Waals surface area contributed by atoms with E-state index in [1.807, 2.05) is 30.3 Å². The molecular weight excluding hydrogens is 229 g/mol. The van der Waals surface area contributed by atoms with Crippen LogP contribution in [-0.4, -0.2) is 6.54 Å². The van der Waals surface area contributed by atoms with Crippen LogP contribution in [0.2, 0.25) is 0 Å². The van der Waals surface area contributed by atoms with Crippen LogP contribution in [0, 0.1) is 5.82 Å². The SMILES string of the molecule is NCCC(Oc1cccc(F)c1)c1ccccc1. The van der Waals surface area contributed by atoms with Gasteiger partial charge in [-0.15, -0.1) is 0 Å². The number of halogens is 1. The van der Waals surface area contributed by atoms with Crippen LogP contribution in [0.15, 0.2) is 54.6 Å². The van der Waals surface area contributed by atoms with E-state index in [2.05, 4.69) is 0 Å². The Morgan fingerprint density at radius 1 is 1.06 bits per heavy atom. The Kier molecular flexibility index (Phi) is 4.31. The van der Waals surface area contributed by atoms with Gasteiger partial charge in [-0.2, -0.15) is 0 Å². The molecule has 0 bridgehead atoms. The fraction of sp³-hybridized carbons (Fsp3) is 0.200. The molecule has 2 rings (SSSR count). The third-order valence-corrected chi connectivity index (χ3v) is 2.67. The van der Waals surface area contributed by atoms with Crippen molar-refractivity contribution in [2.75, 3.05) is 6.54 Å². The normalized spacial score (nSPS) is 12.1. The summed E-state index contributed by atoms with van der Waals surface area (Å²) in [5.41, 5.74) is 6.64. The van der Waals surface area contributed by atoms with Crippen LogP contribution < -0.4 is 10.5 Å². The minimum Gasteiger partial charge on any atom is -0.486 e. The van der Waals surface area contributed by atoms with Gasteiger partial charge in [-0.1, -0.05) is 36.4 Å². The first kappa shape index (κ1) is 12.6. The van der Waals surface area contributed by atoms with Crippen molar-refractivity contribution in [3.05, 3.63) is 66.0 Å². The highest BCUT2D eigenvalue weighted by Crippen LogP contribution is 2.24. The number of nitrogens with two attached hydrogens (primary N) is 1. The van der Waals surface area contributed by atoms with Gasteiger partial charge in [0.2, 0.25) is 0 Å². The quantitative estimate of drug-likeness (QED) is 0.877. The average molecular weight is 245 g/mol. The molecule has 0 amide bonds. The Labute approximate surface area is 106 Å². The van der Waals surface area contributed by atoms with Crippen LogP contribution in [-0.2, 0) is 0 Å². The highest BCUT2D eigenvalue weighted by Gasteiger charge is 2.12. The molecule has 1 atom stereocenters. The summed E-state index contributed by atoms with van der Waals surface area (Å²) in [5.74, 6) is 0.226. The summed E-state index contributed by atoms with van der Waals surface area (Å²) in [6.45, 7) is 0.523. The smallest absolute Gasteiger partial charge is 0.126 e. The van der Waals surface area contributed by atoms with E-state index in [4.69, 9.17) is 10.5 Å². The van der Waals surface area contributed by atoms with E-state index in [0.717, 1.165) is 5.56 Å². The second-order valence-electron chi connectivity index (χ2n) is 4.05. The van der Waals surface area contributed by atoms with Gasteiger partial charge in [0.05, 0.1) is 0 Å². The summed E-state index contributed by atoms with van der Waals surface area (Å²) >= 11 is 0. The van der Waals surface area contributed by atoms with Crippen LogP contribution in [0.5, 0.6) is 5.75 Å². The number of hydrogen-bond acceptors (Lipinski definition) is 2. The van der Waals surface area contributed by atoms with Gasteiger partial charge in [0.1, 0.15) is 17.7 Å². The molecule has 0 aliphatic carbocycles. The zero-order valence-electron chi connectivity index (χ0n) is 10.1. The lowest BCUT2D eigenvalue weighted by atomic mass is 10.1. The highest BCUT2D eigenvalue weighted by atomic mass is 19.1. The van der Waals surface area contributed by atoms with Gasteiger partial charge in [-0.25, -0.2) is 4.39 Å². The van der Waals surface area contributed by atoms with Gasteiger partial charge in [-0.05, 0) is 24.2 Å². The Morgan fingerprint density at radius 2 is 1.83 bits per heavy atom. The molecule has 0 aliphatic rings. The molecule has 0 heterocycles. The summed E-state index contributed by atoms with van der Waals surface area (Å²) in [6, 6.07) is 16.0. The van der Waals surface area contributed by atoms with Gasteiger partial charge in [0, 0.05) is 12.5 Å². The molecule has 0 saturated heterocycles. The molecule has 0 spiro atoms. The molecule has 0 fully saturated rings. The first-order chi connectivity index (χ1) is 8.79. The lowest BCUT2D eigenvalue weighted by molar-refractivity contribution is 0.197. The Hall–Kier alpha value is -1.87. The van der Waals surface area contributed by atoms with Crippen molar-refractivity contribution in [3.8, 4) is 5.75 Å². The fourth-order valence-electron chi connectivity index (χ4n) is 1.82. The average Bonchev–Trinajstić information content (AvgIpc) is 2.39. The summed E-state index contributed by atoms with van der Waals surface area (Å²) in [7, 11) is 0. The predicted molar refractivity (Wildman–Crippen MR) is 69.9 cm³/mol. The van der Waals surface area contributed by atoms with Crippen LogP contribution in [0.25, 0.3) is 0 Å². The molecule has 2 aromatic carbocycles. The van der Waals surface area contributed by atoms with Crippen molar-refractivity contribution in [1.82, 2.24) is 0 Å². The van der Waals surface area contributed by atoms with Crippen molar-refractivity contribution in [2.45, 2.75) is 12.5 Å². The topological polar surface area (TPSA) is 35.2 Å². The van der Waals surface area contributed by atoms with E-state index in [1.54, 1.807) is 12.1 Å². The molecule has 18 heavy (non-hydrogen) atoms. The third kappa shape index (κ3) is 3.31. The van der Waals surface area contributed by atoms with Gasteiger partial charge < -0.3 is 10.5 Å². The summed E-state index contributed by atoms with van der Waals surface area (Å²) < 4.78 is 18.9. The predicted octanol–water partition coefficient (Wildman–Crippen LogP) is 3.29. The van der Waals surface area contributed by atoms with Gasteiger partial charge in [0.15, 0.2) is 0 Å². The molecular formula is C15H16FNO. The van der Waals surface area contributed by atoms with Crippen molar-refractivity contribution >= 4 is 0 Å². The van der Waals surface area contributed by atoms with Crippen molar-refractivity contribution in [2.24, 2.45) is 5.73 Å². The number of benzene rings is 2. The molecule has 1 unspecified atom stereocenters. The summed E-state index contributed by atoms with van der Waals surface area (Å²) in [4.78, 5) is 0. The maximum Gasteiger partial charge on any atom is 0.126 e. The zero-order chi connectivity index (χ0) is 12.8. The maximum absolute atomic E-state index is 13.1. The fourth-order valence-corrected chi connectivity index (χ4v) is 1.82. The standard InChI is InChI=1S/C15H16FNO/c16-13-7-4-8-14(11-13)18-15(9-10-17)12-5-2-1-3-6-12/h1-8,11,15H,9-10,17H2. The first-order valence-corrected chi connectivity index (χ1v) is 5.97. The van der Waals surface area contributed by atoms with Crippen LogP contribution >= 0.6 is 0 Å². The second-order valence-corrected chi connectivity index (χ2v) is 4.05. The lowest BCUT2D eigenvalue weighted by Gasteiger charge is -2.19. The Bertz CT molecular complexity index is 487. The van der Waals surface area contributed by atoms with E-state index < -0.39 is 0 Å². The molecule has 2 aromatic rings. The molecule has 3 heteroatoms. The van der Waals surface area contributed by atoms with Gasteiger partial charge in [-0.3, -0.25) is 0 Å². The van der Waals surface area contributed by atoms with E-state index >= 15 is 0 Å². The van der Waals surface area contributed by atoms with Crippen molar-refractivity contribution in [1.29, 1.82) is 0 Å². The van der Waals surface area contributed by atoms with E-state index in [9.17, 15) is 4.39 Å². The highest BCUT2D eigenvalue weighted by molar-refractivity contribution is 5.25. The van der Waals surface area contributed by atoms with Gasteiger partial charge in [0.25, 0.3) is 0 Å². The Balaban J connectivity index is 2.16. The zero-order valence-corrected chi connectivity index (χ0v) is 10.1. The number of hydrogen-bond donors (Lipinski definition) is 1. The van der Waals surface area contributed by atoms with Gasteiger partial charge >= 0.3 is 0 Å². The summed E-state index contributed by atoms with van der Waals surface area (Å²) in [6.07, 6.45) is 0.554. The largest absolute Gasteiger partial charge is 0.486 e. The molecule has 0 saturated carbocycles. The number of ether oxygens (including phenoxy) is 1. The summed E-state index contributed by atoms with van der Waals surface area (Å²) in [5, 5.41) is 0. The van der Waals surface area contributed by atoms with Crippen LogP contribution in [0.1, 0.15) is 18.1 Å². The monoisotopic (exact) mass is 245 g/mol. The van der Waals surface area contributed by atoms with Crippen molar-refractivity contribution < 1.29 is 9.13 Å². The molecule has 2 nitrogen and oxygen atoms in total. The third-order valence-electron chi connectivity index (χ3n) is 2.67. The van der Waals surface area contributed by atoms with Crippen LogP contribution in [0.4, 0.5) is 4.39 Å². The van der Waals surface area contributed by atoms with E-state index in [-0.39, 0.29) is 11.9 Å². The first-order valence-electron chi connectivity index (χ1n) is 5.97. The minimum absolute atomic E-state index is 0.141. The van der Waals surface area contributed by atoms with E-state index in [0.29, 0.717) is 18.7 Å². The minimum atomic E-state index is -0.299.